The number of carbonyl (C=O) groups is 3. The fourth-order valence-corrected chi connectivity index (χ4v) is 2.61. The molecule has 9 nitrogen and oxygen atoms in total. The molecule has 0 aromatic rings. The van der Waals surface area contributed by atoms with Crippen LogP contribution in [0.15, 0.2) is 0 Å². The Morgan fingerprint density at radius 3 is 2.40 bits per heavy atom. The van der Waals surface area contributed by atoms with Crippen LogP contribution in [0.5, 0.6) is 0 Å². The number of urea groups is 1. The highest BCUT2D eigenvalue weighted by Gasteiger charge is 2.27. The van der Waals surface area contributed by atoms with Crippen LogP contribution in [0.2, 0.25) is 0 Å². The minimum atomic E-state index is -0.438. The Labute approximate surface area is 149 Å². The molecule has 1 rings (SSSR count). The summed E-state index contributed by atoms with van der Waals surface area (Å²) in [5.41, 5.74) is 0. The maximum absolute atomic E-state index is 12.1. The molecule has 9 heteroatoms. The average Bonchev–Trinajstić information content (AvgIpc) is 2.64. The molecule has 1 saturated heterocycles. The summed E-state index contributed by atoms with van der Waals surface area (Å²) in [6.45, 7) is 3.07. The topological polar surface area (TPSA) is 100 Å². The predicted molar refractivity (Wildman–Crippen MR) is 92.2 cm³/mol. The van der Waals surface area contributed by atoms with E-state index in [4.69, 9.17) is 4.74 Å². The zero-order chi connectivity index (χ0) is 18.7. The van der Waals surface area contributed by atoms with Crippen molar-refractivity contribution in [3.63, 3.8) is 0 Å². The van der Waals surface area contributed by atoms with Crippen molar-refractivity contribution in [2.75, 3.05) is 60.6 Å². The van der Waals surface area contributed by atoms with E-state index in [1.165, 1.54) is 12.0 Å². The summed E-state index contributed by atoms with van der Waals surface area (Å²) >= 11 is 0. The van der Waals surface area contributed by atoms with Gasteiger partial charge in [-0.25, -0.2) is 9.59 Å². The van der Waals surface area contributed by atoms with Crippen LogP contribution in [-0.2, 0) is 14.3 Å². The van der Waals surface area contributed by atoms with E-state index in [2.05, 4.69) is 15.4 Å². The van der Waals surface area contributed by atoms with Gasteiger partial charge in [0.05, 0.1) is 7.11 Å². The van der Waals surface area contributed by atoms with Crippen LogP contribution in [0, 0.1) is 5.92 Å². The molecule has 1 heterocycles. The molecule has 144 valence electrons. The molecule has 1 aliphatic rings. The van der Waals surface area contributed by atoms with Crippen LogP contribution in [0.3, 0.4) is 0 Å². The third kappa shape index (κ3) is 7.59. The van der Waals surface area contributed by atoms with Crippen LogP contribution in [0.1, 0.15) is 19.3 Å². The number of carbonyl (C=O) groups excluding carboxylic acids is 3. The standard InChI is InChI=1S/C16H30N4O5/c1-19(16(23)25-3)11-8-18-15(22)20-9-5-13(6-10-20)14(21)17-7-4-12-24-2/h13H,4-12H2,1-3H3,(H,17,21)(H,18,22). The lowest BCUT2D eigenvalue weighted by Crippen LogP contribution is -2.48. The Bertz CT molecular complexity index is 438. The van der Waals surface area contributed by atoms with Crippen molar-refractivity contribution in [1.29, 1.82) is 0 Å². The molecule has 0 saturated carbocycles. The second kappa shape index (κ2) is 11.5. The quantitative estimate of drug-likeness (QED) is 0.606. The molecule has 0 aliphatic carbocycles. The van der Waals surface area contributed by atoms with Crippen molar-refractivity contribution in [3.05, 3.63) is 0 Å². The second-order valence-electron chi connectivity index (χ2n) is 6.02. The maximum Gasteiger partial charge on any atom is 0.409 e. The summed E-state index contributed by atoms with van der Waals surface area (Å²) in [7, 11) is 4.56. The average molecular weight is 358 g/mol. The number of nitrogens with zero attached hydrogens (tertiary/aromatic N) is 2. The van der Waals surface area contributed by atoms with Crippen LogP contribution in [0.4, 0.5) is 9.59 Å². The first-order chi connectivity index (χ1) is 12.0. The zero-order valence-corrected chi connectivity index (χ0v) is 15.4. The van der Waals surface area contributed by atoms with Crippen molar-refractivity contribution in [3.8, 4) is 0 Å². The molecule has 2 N–H and O–H groups in total. The lowest BCUT2D eigenvalue weighted by atomic mass is 9.96. The van der Waals surface area contributed by atoms with Crippen molar-refractivity contribution < 1.29 is 23.9 Å². The number of methoxy groups -OCH3 is 2. The number of ether oxygens (including phenoxy) is 2. The highest BCUT2D eigenvalue weighted by molar-refractivity contribution is 5.79. The van der Waals surface area contributed by atoms with Crippen LogP contribution in [-0.4, -0.2) is 88.4 Å². The Balaban J connectivity index is 2.21. The van der Waals surface area contributed by atoms with E-state index in [1.807, 2.05) is 0 Å². The summed E-state index contributed by atoms with van der Waals surface area (Å²) in [6, 6.07) is -0.169. The minimum absolute atomic E-state index is 0.0444. The third-order valence-electron chi connectivity index (χ3n) is 4.19. The number of amides is 4. The molecule has 0 spiro atoms. The van der Waals surface area contributed by atoms with Gasteiger partial charge in [0.15, 0.2) is 0 Å². The van der Waals surface area contributed by atoms with Gasteiger partial charge in [-0.2, -0.15) is 0 Å². The minimum Gasteiger partial charge on any atom is -0.453 e. The van der Waals surface area contributed by atoms with Crippen molar-refractivity contribution in [1.82, 2.24) is 20.4 Å². The first-order valence-electron chi connectivity index (χ1n) is 8.58. The number of likely N-dealkylation sites (N-methyl/N-ethyl adjacent to an activating group) is 1. The predicted octanol–water partition coefficient (Wildman–Crippen LogP) is 0.259. The van der Waals surface area contributed by atoms with Crippen molar-refractivity contribution >= 4 is 18.0 Å². The van der Waals surface area contributed by atoms with Gasteiger partial charge in [-0.15, -0.1) is 0 Å². The summed E-state index contributed by atoms with van der Waals surface area (Å²) in [5, 5.41) is 5.68. The fraction of sp³-hybridized carbons (Fsp3) is 0.812. The highest BCUT2D eigenvalue weighted by atomic mass is 16.5. The third-order valence-corrected chi connectivity index (χ3v) is 4.19. The van der Waals surface area contributed by atoms with E-state index in [1.54, 1.807) is 19.1 Å². The smallest absolute Gasteiger partial charge is 0.409 e. The Kier molecular flexibility index (Phi) is 9.68. The lowest BCUT2D eigenvalue weighted by Gasteiger charge is -2.31. The lowest BCUT2D eigenvalue weighted by molar-refractivity contribution is -0.126. The normalized spacial score (nSPS) is 14.8. The second-order valence-corrected chi connectivity index (χ2v) is 6.02. The molecular formula is C16H30N4O5. The fourth-order valence-electron chi connectivity index (χ4n) is 2.61. The first-order valence-corrected chi connectivity index (χ1v) is 8.58. The highest BCUT2D eigenvalue weighted by Crippen LogP contribution is 2.17. The SMILES string of the molecule is COCCCNC(=O)C1CCN(C(=O)NCCN(C)C(=O)OC)CC1. The summed E-state index contributed by atoms with van der Waals surface area (Å²) in [4.78, 5) is 38.5. The molecule has 25 heavy (non-hydrogen) atoms. The number of hydrogen-bond donors (Lipinski definition) is 2. The molecule has 1 aliphatic heterocycles. The van der Waals surface area contributed by atoms with E-state index >= 15 is 0 Å². The molecular weight excluding hydrogens is 328 g/mol. The van der Waals surface area contributed by atoms with Gasteiger partial charge in [0.2, 0.25) is 5.91 Å². The van der Waals surface area contributed by atoms with E-state index in [0.717, 1.165) is 6.42 Å². The number of hydrogen-bond acceptors (Lipinski definition) is 5. The first kappa shape index (κ1) is 21.0. The van der Waals surface area contributed by atoms with E-state index in [-0.39, 0.29) is 17.9 Å². The van der Waals surface area contributed by atoms with Crippen molar-refractivity contribution in [2.24, 2.45) is 5.92 Å². The number of piperidine rings is 1. The van der Waals surface area contributed by atoms with E-state index in [0.29, 0.717) is 52.2 Å². The Morgan fingerprint density at radius 1 is 1.12 bits per heavy atom. The molecule has 0 bridgehead atoms. The summed E-state index contributed by atoms with van der Waals surface area (Å²) in [5.74, 6) is 0.00733. The van der Waals surface area contributed by atoms with Gasteiger partial charge in [-0.3, -0.25) is 4.79 Å². The van der Waals surface area contributed by atoms with E-state index < -0.39 is 6.09 Å². The Hall–Kier alpha value is -2.03. The van der Waals surface area contributed by atoms with Crippen molar-refractivity contribution in [2.45, 2.75) is 19.3 Å². The van der Waals surface area contributed by atoms with Gasteiger partial charge in [-0.05, 0) is 19.3 Å². The van der Waals surface area contributed by atoms with E-state index in [9.17, 15) is 14.4 Å². The van der Waals surface area contributed by atoms with Crippen LogP contribution >= 0.6 is 0 Å². The van der Waals surface area contributed by atoms with Gasteiger partial charge in [-0.1, -0.05) is 0 Å². The maximum atomic E-state index is 12.1. The zero-order valence-electron chi connectivity index (χ0n) is 15.4. The van der Waals surface area contributed by atoms with Gasteiger partial charge in [0, 0.05) is 59.4 Å². The molecule has 0 aromatic carbocycles. The summed E-state index contributed by atoms with van der Waals surface area (Å²) in [6.07, 6.45) is 1.67. The number of nitrogens with one attached hydrogen (secondary N) is 2. The molecule has 0 radical (unpaired) electrons. The number of likely N-dealkylation sites (tertiary alicyclic amines) is 1. The molecule has 0 atom stereocenters. The summed E-state index contributed by atoms with van der Waals surface area (Å²) < 4.78 is 9.53. The van der Waals surface area contributed by atoms with Gasteiger partial charge in [0.1, 0.15) is 0 Å². The van der Waals surface area contributed by atoms with Crippen LogP contribution < -0.4 is 10.6 Å². The van der Waals surface area contributed by atoms with Crippen LogP contribution in [0.25, 0.3) is 0 Å². The Morgan fingerprint density at radius 2 is 1.80 bits per heavy atom. The molecule has 4 amide bonds. The molecule has 1 fully saturated rings. The van der Waals surface area contributed by atoms with Gasteiger partial charge >= 0.3 is 12.1 Å². The number of rotatable bonds is 8. The van der Waals surface area contributed by atoms with Gasteiger partial charge < -0.3 is 29.9 Å². The molecule has 0 aromatic heterocycles. The monoisotopic (exact) mass is 358 g/mol. The largest absolute Gasteiger partial charge is 0.453 e. The molecule has 0 unspecified atom stereocenters. The van der Waals surface area contributed by atoms with Gasteiger partial charge in [0.25, 0.3) is 0 Å².